The molecule has 1 aromatic carbocycles. The minimum absolute atomic E-state index is 0.316. The average molecular weight is 217 g/mol. The van der Waals surface area contributed by atoms with Crippen LogP contribution < -0.4 is 0 Å². The molecule has 0 amide bonds. The number of aromatic nitrogens is 1. The van der Waals surface area contributed by atoms with Crippen molar-refractivity contribution in [3.8, 4) is 0 Å². The molecule has 4 heteroatoms. The molecular formula is C12H11NO3. The van der Waals surface area contributed by atoms with Crippen molar-refractivity contribution in [2.24, 2.45) is 0 Å². The molecule has 0 spiro atoms. The largest absolute Gasteiger partial charge is 0.462 e. The maximum absolute atomic E-state index is 11.7. The predicted octanol–water partition coefficient (Wildman–Crippen LogP) is 2.16. The number of rotatable bonds is 3. The number of ether oxygens (including phenoxy) is 1. The molecule has 0 saturated carbocycles. The van der Waals surface area contributed by atoms with Crippen molar-refractivity contribution in [1.82, 2.24) is 4.98 Å². The van der Waals surface area contributed by atoms with Crippen molar-refractivity contribution in [2.75, 3.05) is 6.61 Å². The summed E-state index contributed by atoms with van der Waals surface area (Å²) >= 11 is 0. The Kier molecular flexibility index (Phi) is 2.72. The van der Waals surface area contributed by atoms with Crippen LogP contribution in [0.3, 0.4) is 0 Å². The number of fused-ring (bicyclic) bond motifs is 1. The molecule has 1 N–H and O–H groups in total. The van der Waals surface area contributed by atoms with Gasteiger partial charge in [-0.3, -0.25) is 4.79 Å². The molecule has 0 atom stereocenters. The highest BCUT2D eigenvalue weighted by Gasteiger charge is 2.14. The zero-order valence-electron chi connectivity index (χ0n) is 8.82. The zero-order valence-corrected chi connectivity index (χ0v) is 8.82. The lowest BCUT2D eigenvalue weighted by Gasteiger charge is -2.03. The number of benzene rings is 1. The summed E-state index contributed by atoms with van der Waals surface area (Å²) in [5, 5.41) is 0.621. The minimum Gasteiger partial charge on any atom is -0.462 e. The molecule has 82 valence electrons. The maximum Gasteiger partial charge on any atom is 0.338 e. The Morgan fingerprint density at radius 3 is 3.00 bits per heavy atom. The topological polar surface area (TPSA) is 59.2 Å². The molecular weight excluding hydrogens is 206 g/mol. The average Bonchev–Trinajstić information content (AvgIpc) is 2.72. The van der Waals surface area contributed by atoms with Crippen LogP contribution in [0.2, 0.25) is 0 Å². The van der Waals surface area contributed by atoms with Crippen LogP contribution in [0.1, 0.15) is 27.6 Å². The van der Waals surface area contributed by atoms with Gasteiger partial charge in [-0.25, -0.2) is 4.79 Å². The molecule has 0 aliphatic rings. The standard InChI is InChI=1S/C12H11NO3/c1-2-16-12(15)9-4-3-5-10-11(9)8(7-14)6-13-10/h3-7,13H,2H2,1H3. The fourth-order valence-electron chi connectivity index (χ4n) is 1.68. The second-order valence-electron chi connectivity index (χ2n) is 3.31. The Labute approximate surface area is 92.2 Å². The lowest BCUT2D eigenvalue weighted by atomic mass is 10.1. The number of esters is 1. The summed E-state index contributed by atoms with van der Waals surface area (Å²) in [4.78, 5) is 25.5. The molecule has 4 nitrogen and oxygen atoms in total. The van der Waals surface area contributed by atoms with Gasteiger partial charge in [0.05, 0.1) is 12.2 Å². The van der Waals surface area contributed by atoms with Gasteiger partial charge >= 0.3 is 5.97 Å². The molecule has 0 aliphatic carbocycles. The number of aldehydes is 1. The van der Waals surface area contributed by atoms with Crippen LogP contribution >= 0.6 is 0 Å². The SMILES string of the molecule is CCOC(=O)c1cccc2[nH]cc(C=O)c12. The van der Waals surface area contributed by atoms with E-state index < -0.39 is 5.97 Å². The van der Waals surface area contributed by atoms with Crippen molar-refractivity contribution in [3.63, 3.8) is 0 Å². The molecule has 0 radical (unpaired) electrons. The lowest BCUT2D eigenvalue weighted by molar-refractivity contribution is 0.0528. The van der Waals surface area contributed by atoms with Crippen LogP contribution in [-0.2, 0) is 4.74 Å². The van der Waals surface area contributed by atoms with Gasteiger partial charge in [-0.2, -0.15) is 0 Å². The van der Waals surface area contributed by atoms with Crippen molar-refractivity contribution in [1.29, 1.82) is 0 Å². The minimum atomic E-state index is -0.407. The van der Waals surface area contributed by atoms with Crippen LogP contribution in [-0.4, -0.2) is 23.8 Å². The van der Waals surface area contributed by atoms with Gasteiger partial charge in [0.2, 0.25) is 0 Å². The van der Waals surface area contributed by atoms with Crippen LogP contribution in [0.5, 0.6) is 0 Å². The molecule has 0 fully saturated rings. The van der Waals surface area contributed by atoms with Crippen molar-refractivity contribution in [3.05, 3.63) is 35.5 Å². The molecule has 0 saturated heterocycles. The Bertz CT molecular complexity index is 542. The third-order valence-corrected chi connectivity index (χ3v) is 2.36. The van der Waals surface area contributed by atoms with Crippen LogP contribution in [0.25, 0.3) is 10.9 Å². The number of aromatic amines is 1. The molecule has 2 rings (SSSR count). The number of carbonyl (C=O) groups is 2. The highest BCUT2D eigenvalue weighted by molar-refractivity contribution is 6.10. The number of nitrogens with one attached hydrogen (secondary N) is 1. The molecule has 0 bridgehead atoms. The van der Waals surface area contributed by atoms with Crippen LogP contribution in [0.15, 0.2) is 24.4 Å². The van der Waals surface area contributed by atoms with E-state index in [2.05, 4.69) is 4.98 Å². The summed E-state index contributed by atoms with van der Waals surface area (Å²) in [6.07, 6.45) is 2.31. The van der Waals surface area contributed by atoms with Crippen molar-refractivity contribution >= 4 is 23.2 Å². The monoisotopic (exact) mass is 217 g/mol. The van der Waals surface area contributed by atoms with Crippen LogP contribution in [0, 0.1) is 0 Å². The van der Waals surface area contributed by atoms with Gasteiger partial charge in [-0.1, -0.05) is 6.07 Å². The van der Waals surface area contributed by atoms with Crippen LogP contribution in [0.4, 0.5) is 0 Å². The van der Waals surface area contributed by atoms with E-state index >= 15 is 0 Å². The second-order valence-corrected chi connectivity index (χ2v) is 3.31. The van der Waals surface area contributed by atoms with Crippen molar-refractivity contribution < 1.29 is 14.3 Å². The normalized spacial score (nSPS) is 10.3. The molecule has 1 heterocycles. The summed E-state index contributed by atoms with van der Waals surface area (Å²) in [7, 11) is 0. The number of hydrogen-bond acceptors (Lipinski definition) is 3. The van der Waals surface area contributed by atoms with E-state index in [4.69, 9.17) is 4.74 Å². The number of carbonyl (C=O) groups excluding carboxylic acids is 2. The summed E-state index contributed by atoms with van der Waals surface area (Å²) < 4.78 is 4.94. The van der Waals surface area contributed by atoms with Gasteiger partial charge in [0.1, 0.15) is 0 Å². The van der Waals surface area contributed by atoms with E-state index in [1.165, 1.54) is 0 Å². The first-order valence-electron chi connectivity index (χ1n) is 5.00. The summed E-state index contributed by atoms with van der Waals surface area (Å²) in [6, 6.07) is 5.21. The fraction of sp³-hybridized carbons (Fsp3) is 0.167. The summed E-state index contributed by atoms with van der Waals surface area (Å²) in [5.41, 5.74) is 1.65. The van der Waals surface area contributed by atoms with Gasteiger partial charge in [0.15, 0.2) is 6.29 Å². The van der Waals surface area contributed by atoms with Gasteiger partial charge < -0.3 is 9.72 Å². The highest BCUT2D eigenvalue weighted by atomic mass is 16.5. The Morgan fingerprint density at radius 2 is 2.31 bits per heavy atom. The quantitative estimate of drug-likeness (QED) is 0.633. The maximum atomic E-state index is 11.7. The number of hydrogen-bond donors (Lipinski definition) is 1. The first-order valence-corrected chi connectivity index (χ1v) is 5.00. The van der Waals surface area contributed by atoms with E-state index in [0.29, 0.717) is 23.1 Å². The smallest absolute Gasteiger partial charge is 0.338 e. The summed E-state index contributed by atoms with van der Waals surface area (Å²) in [6.45, 7) is 2.06. The van der Waals surface area contributed by atoms with Crippen molar-refractivity contribution in [2.45, 2.75) is 6.92 Å². The highest BCUT2D eigenvalue weighted by Crippen LogP contribution is 2.22. The first kappa shape index (κ1) is 10.4. The summed E-state index contributed by atoms with van der Waals surface area (Å²) in [5.74, 6) is -0.407. The molecule has 0 unspecified atom stereocenters. The third kappa shape index (κ3) is 1.58. The van der Waals surface area contributed by atoms with E-state index in [-0.39, 0.29) is 0 Å². The van der Waals surface area contributed by atoms with E-state index in [9.17, 15) is 9.59 Å². The molecule has 16 heavy (non-hydrogen) atoms. The molecule has 1 aromatic heterocycles. The lowest BCUT2D eigenvalue weighted by Crippen LogP contribution is -2.05. The Hall–Kier alpha value is -2.10. The predicted molar refractivity (Wildman–Crippen MR) is 59.6 cm³/mol. The third-order valence-electron chi connectivity index (χ3n) is 2.36. The van der Waals surface area contributed by atoms with E-state index in [0.717, 1.165) is 11.8 Å². The molecule has 0 aliphatic heterocycles. The zero-order chi connectivity index (χ0) is 11.5. The molecule has 2 aromatic rings. The number of H-pyrrole nitrogens is 1. The van der Waals surface area contributed by atoms with Gasteiger partial charge in [0, 0.05) is 22.7 Å². The Balaban J connectivity index is 2.63. The van der Waals surface area contributed by atoms with E-state index in [1.807, 2.05) is 6.07 Å². The fourth-order valence-corrected chi connectivity index (χ4v) is 1.68. The van der Waals surface area contributed by atoms with Gasteiger partial charge in [0.25, 0.3) is 0 Å². The van der Waals surface area contributed by atoms with Gasteiger partial charge in [-0.15, -0.1) is 0 Å². The Morgan fingerprint density at radius 1 is 1.50 bits per heavy atom. The second kappa shape index (κ2) is 4.18. The van der Waals surface area contributed by atoms with E-state index in [1.54, 1.807) is 25.3 Å². The first-order chi connectivity index (χ1) is 7.77. The van der Waals surface area contributed by atoms with Gasteiger partial charge in [-0.05, 0) is 19.1 Å².